The molecule has 0 atom stereocenters. The van der Waals surface area contributed by atoms with Gasteiger partial charge in [-0.2, -0.15) is 0 Å². The van der Waals surface area contributed by atoms with Crippen LogP contribution in [0.4, 0.5) is 5.69 Å². The zero-order valence-corrected chi connectivity index (χ0v) is 17.0. The molecular weight excluding hydrogens is 398 g/mol. The SMILES string of the molecule is COc1cc(C=Nc2ccc(C(=O)O)cc2C)ccc1OCc1ccc(C(=O)O)cc1. The van der Waals surface area contributed by atoms with Crippen molar-refractivity contribution < 1.29 is 29.3 Å². The Balaban J connectivity index is 1.71. The molecule has 0 radical (unpaired) electrons. The molecule has 0 unspecified atom stereocenters. The Morgan fingerprint density at radius 3 is 2.19 bits per heavy atom. The van der Waals surface area contributed by atoms with Gasteiger partial charge in [-0.25, -0.2) is 9.59 Å². The number of hydrogen-bond donors (Lipinski definition) is 2. The van der Waals surface area contributed by atoms with Crippen LogP contribution in [0.5, 0.6) is 11.5 Å². The number of hydrogen-bond acceptors (Lipinski definition) is 5. The third kappa shape index (κ3) is 5.48. The Morgan fingerprint density at radius 1 is 0.903 bits per heavy atom. The Labute approximate surface area is 179 Å². The summed E-state index contributed by atoms with van der Waals surface area (Å²) in [7, 11) is 1.54. The number of nitrogens with zero attached hydrogens (tertiary/aromatic N) is 1. The fraction of sp³-hybridized carbons (Fsp3) is 0.125. The lowest BCUT2D eigenvalue weighted by molar-refractivity contribution is 0.0686. The molecule has 3 aromatic rings. The van der Waals surface area contributed by atoms with Crippen LogP contribution in [0, 0.1) is 6.92 Å². The predicted octanol–water partition coefficient (Wildman–Crippen LogP) is 4.73. The molecule has 7 heteroatoms. The molecule has 7 nitrogen and oxygen atoms in total. The van der Waals surface area contributed by atoms with Crippen LogP contribution in [0.2, 0.25) is 0 Å². The second kappa shape index (κ2) is 9.58. The molecule has 158 valence electrons. The molecule has 0 aliphatic heterocycles. The zero-order chi connectivity index (χ0) is 22.4. The molecule has 31 heavy (non-hydrogen) atoms. The van der Waals surface area contributed by atoms with E-state index in [1.165, 1.54) is 18.2 Å². The summed E-state index contributed by atoms with van der Waals surface area (Å²) in [4.78, 5) is 26.4. The number of methoxy groups -OCH3 is 1. The summed E-state index contributed by atoms with van der Waals surface area (Å²) in [5, 5.41) is 18.0. The standard InChI is InChI=1S/C24H21NO6/c1-15-11-19(24(28)29)8-9-20(15)25-13-17-5-10-21(22(12-17)30-2)31-14-16-3-6-18(7-4-16)23(26)27/h3-13H,14H2,1-2H3,(H,26,27)(H,28,29). The maximum atomic E-state index is 11.0. The van der Waals surface area contributed by atoms with E-state index >= 15 is 0 Å². The first-order valence-electron chi connectivity index (χ1n) is 9.38. The summed E-state index contributed by atoms with van der Waals surface area (Å²) < 4.78 is 11.2. The van der Waals surface area contributed by atoms with Crippen molar-refractivity contribution in [3.8, 4) is 11.5 Å². The summed E-state index contributed by atoms with van der Waals surface area (Å²) in [6.07, 6.45) is 1.67. The molecular formula is C24H21NO6. The Morgan fingerprint density at radius 2 is 1.58 bits per heavy atom. The van der Waals surface area contributed by atoms with E-state index in [-0.39, 0.29) is 17.7 Å². The maximum absolute atomic E-state index is 11.0. The molecule has 0 amide bonds. The van der Waals surface area contributed by atoms with Crippen molar-refractivity contribution in [1.82, 2.24) is 0 Å². The Kier molecular flexibility index (Phi) is 6.67. The van der Waals surface area contributed by atoms with Gasteiger partial charge in [-0.05, 0) is 72.1 Å². The lowest BCUT2D eigenvalue weighted by Crippen LogP contribution is -2.00. The van der Waals surface area contributed by atoms with Gasteiger partial charge >= 0.3 is 11.9 Å². The van der Waals surface area contributed by atoms with Gasteiger partial charge < -0.3 is 19.7 Å². The van der Waals surface area contributed by atoms with Gasteiger partial charge in [-0.15, -0.1) is 0 Å². The van der Waals surface area contributed by atoms with E-state index in [9.17, 15) is 9.59 Å². The lowest BCUT2D eigenvalue weighted by Gasteiger charge is -2.11. The van der Waals surface area contributed by atoms with Crippen molar-refractivity contribution in [3.63, 3.8) is 0 Å². The van der Waals surface area contributed by atoms with Crippen LogP contribution in [-0.2, 0) is 6.61 Å². The molecule has 0 saturated heterocycles. The van der Waals surface area contributed by atoms with Crippen LogP contribution in [0.1, 0.15) is 37.4 Å². The molecule has 0 spiro atoms. The number of aliphatic imine (C=N–C) groups is 1. The van der Waals surface area contributed by atoms with Crippen LogP contribution in [0.25, 0.3) is 0 Å². The van der Waals surface area contributed by atoms with Crippen molar-refractivity contribution in [3.05, 3.63) is 88.5 Å². The summed E-state index contributed by atoms with van der Waals surface area (Å²) in [6, 6.07) is 16.6. The molecule has 0 aliphatic carbocycles. The monoisotopic (exact) mass is 419 g/mol. The second-order valence-electron chi connectivity index (χ2n) is 6.77. The maximum Gasteiger partial charge on any atom is 0.335 e. The van der Waals surface area contributed by atoms with E-state index < -0.39 is 11.9 Å². The van der Waals surface area contributed by atoms with Crippen LogP contribution >= 0.6 is 0 Å². The fourth-order valence-electron chi connectivity index (χ4n) is 2.87. The minimum absolute atomic E-state index is 0.220. The van der Waals surface area contributed by atoms with E-state index in [2.05, 4.69) is 4.99 Å². The first kappa shape index (κ1) is 21.6. The van der Waals surface area contributed by atoms with Crippen molar-refractivity contribution >= 4 is 23.8 Å². The topological polar surface area (TPSA) is 105 Å². The first-order chi connectivity index (χ1) is 14.9. The number of benzene rings is 3. The lowest BCUT2D eigenvalue weighted by atomic mass is 10.1. The van der Waals surface area contributed by atoms with Crippen LogP contribution in [0.15, 0.2) is 65.7 Å². The summed E-state index contributed by atoms with van der Waals surface area (Å²) in [6.45, 7) is 2.07. The number of carboxylic acid groups (broad SMARTS) is 2. The van der Waals surface area contributed by atoms with Gasteiger partial charge in [0.1, 0.15) is 6.61 Å². The van der Waals surface area contributed by atoms with Gasteiger partial charge in [0.25, 0.3) is 0 Å². The molecule has 0 heterocycles. The third-order valence-electron chi connectivity index (χ3n) is 4.58. The van der Waals surface area contributed by atoms with E-state index in [4.69, 9.17) is 19.7 Å². The largest absolute Gasteiger partial charge is 0.493 e. The summed E-state index contributed by atoms with van der Waals surface area (Å²) >= 11 is 0. The normalized spacial score (nSPS) is 10.8. The van der Waals surface area contributed by atoms with Crippen LogP contribution in [-0.4, -0.2) is 35.5 Å². The smallest absolute Gasteiger partial charge is 0.335 e. The Bertz CT molecular complexity index is 1140. The van der Waals surface area contributed by atoms with Gasteiger partial charge in [-0.1, -0.05) is 12.1 Å². The highest BCUT2D eigenvalue weighted by Crippen LogP contribution is 2.29. The predicted molar refractivity (Wildman–Crippen MR) is 116 cm³/mol. The molecule has 0 fully saturated rings. The molecule has 0 aromatic heterocycles. The van der Waals surface area contributed by atoms with Gasteiger partial charge in [0.2, 0.25) is 0 Å². The van der Waals surface area contributed by atoms with E-state index in [1.807, 2.05) is 6.07 Å². The average Bonchev–Trinajstić information content (AvgIpc) is 2.77. The molecule has 0 bridgehead atoms. The van der Waals surface area contributed by atoms with E-state index in [0.717, 1.165) is 16.7 Å². The first-order valence-corrected chi connectivity index (χ1v) is 9.38. The summed E-state index contributed by atoms with van der Waals surface area (Å²) in [5.74, 6) is -0.871. The van der Waals surface area contributed by atoms with Crippen molar-refractivity contribution in [2.45, 2.75) is 13.5 Å². The molecule has 3 aromatic carbocycles. The fourth-order valence-corrected chi connectivity index (χ4v) is 2.87. The highest BCUT2D eigenvalue weighted by molar-refractivity contribution is 5.89. The van der Waals surface area contributed by atoms with E-state index in [1.54, 1.807) is 56.6 Å². The molecule has 0 aliphatic rings. The number of aryl methyl sites for hydroxylation is 1. The third-order valence-corrected chi connectivity index (χ3v) is 4.58. The molecule has 2 N–H and O–H groups in total. The number of aromatic carboxylic acids is 2. The highest BCUT2D eigenvalue weighted by atomic mass is 16.5. The van der Waals surface area contributed by atoms with Gasteiger partial charge in [0.05, 0.1) is 23.9 Å². The average molecular weight is 419 g/mol. The quantitative estimate of drug-likeness (QED) is 0.512. The van der Waals surface area contributed by atoms with Crippen molar-refractivity contribution in [1.29, 1.82) is 0 Å². The highest BCUT2D eigenvalue weighted by Gasteiger charge is 2.08. The van der Waals surface area contributed by atoms with E-state index in [0.29, 0.717) is 17.2 Å². The Hall–Kier alpha value is -4.13. The minimum Gasteiger partial charge on any atom is -0.493 e. The van der Waals surface area contributed by atoms with Crippen LogP contribution < -0.4 is 9.47 Å². The number of ether oxygens (including phenoxy) is 2. The van der Waals surface area contributed by atoms with Crippen molar-refractivity contribution in [2.75, 3.05) is 7.11 Å². The van der Waals surface area contributed by atoms with Gasteiger partial charge in [0.15, 0.2) is 11.5 Å². The number of carbonyl (C=O) groups is 2. The molecule has 0 saturated carbocycles. The zero-order valence-electron chi connectivity index (χ0n) is 17.0. The molecule has 3 rings (SSSR count). The van der Waals surface area contributed by atoms with Crippen LogP contribution in [0.3, 0.4) is 0 Å². The van der Waals surface area contributed by atoms with Gasteiger partial charge in [-0.3, -0.25) is 4.99 Å². The summed E-state index contributed by atoms with van der Waals surface area (Å²) in [5.41, 5.74) is 3.50. The number of carboxylic acids is 2. The minimum atomic E-state index is -0.975. The number of rotatable bonds is 8. The van der Waals surface area contributed by atoms with Gasteiger partial charge in [0, 0.05) is 6.21 Å². The second-order valence-corrected chi connectivity index (χ2v) is 6.77. The van der Waals surface area contributed by atoms with Crippen molar-refractivity contribution in [2.24, 2.45) is 4.99 Å².